The van der Waals surface area contributed by atoms with Crippen molar-refractivity contribution < 1.29 is 14.3 Å². The molecule has 2 aliphatic rings. The van der Waals surface area contributed by atoms with E-state index in [4.69, 9.17) is 21.7 Å². The maximum Gasteiger partial charge on any atom is 0.276 e. The molecule has 0 atom stereocenters. The smallest absolute Gasteiger partial charge is 0.276 e. The summed E-state index contributed by atoms with van der Waals surface area (Å²) in [6, 6.07) is 24.5. The number of ether oxygens (including phenoxy) is 2. The van der Waals surface area contributed by atoms with Gasteiger partial charge in [0.25, 0.3) is 5.91 Å². The second-order valence-electron chi connectivity index (χ2n) is 8.52. The number of hydrogen-bond donors (Lipinski definition) is 1. The van der Waals surface area contributed by atoms with Gasteiger partial charge in [-0.2, -0.15) is 0 Å². The number of methoxy groups -OCH3 is 1. The van der Waals surface area contributed by atoms with Gasteiger partial charge in [-0.1, -0.05) is 54.6 Å². The van der Waals surface area contributed by atoms with Gasteiger partial charge >= 0.3 is 0 Å². The van der Waals surface area contributed by atoms with Crippen LogP contribution in [0.2, 0.25) is 0 Å². The van der Waals surface area contributed by atoms with Crippen LogP contribution in [0, 0.1) is 0 Å². The number of thiocarbonyl (C=S) groups is 1. The highest BCUT2D eigenvalue weighted by molar-refractivity contribution is 7.80. The number of nitrogens with one attached hydrogen (secondary N) is 1. The van der Waals surface area contributed by atoms with E-state index >= 15 is 0 Å². The van der Waals surface area contributed by atoms with Crippen LogP contribution < -0.4 is 14.8 Å². The molecular weight excluding hydrogens is 444 g/mol. The van der Waals surface area contributed by atoms with E-state index < -0.39 is 0 Å². The highest BCUT2D eigenvalue weighted by Gasteiger charge is 2.41. The number of amides is 1. The van der Waals surface area contributed by atoms with Crippen LogP contribution in [0.15, 0.2) is 78.5 Å². The molecule has 1 saturated heterocycles. The summed E-state index contributed by atoms with van der Waals surface area (Å²) in [7, 11) is 1.65. The Kier molecular flexibility index (Phi) is 6.32. The van der Waals surface area contributed by atoms with E-state index in [-0.39, 0.29) is 11.9 Å². The molecule has 34 heavy (non-hydrogen) atoms. The molecule has 1 aliphatic carbocycles. The first kappa shape index (κ1) is 22.2. The second-order valence-corrected chi connectivity index (χ2v) is 8.91. The van der Waals surface area contributed by atoms with Crippen molar-refractivity contribution in [2.45, 2.75) is 31.9 Å². The minimum Gasteiger partial charge on any atom is -0.496 e. The van der Waals surface area contributed by atoms with Gasteiger partial charge < -0.3 is 14.8 Å². The standard InChI is InChI=1S/C28H26N2O3S/c1-32-25-14-11-20(17-24-27(31)30(23-12-13-23)28(34)29-24)16-22(25)18-33-26-10-6-5-9-21(26)15-19-7-3-2-4-8-19/h2-11,14,16-17,23H,12-13,15,18H2,1H3,(H,29,34)/b24-17+. The summed E-state index contributed by atoms with van der Waals surface area (Å²) in [6.45, 7) is 0.347. The van der Waals surface area contributed by atoms with Gasteiger partial charge in [0.05, 0.1) is 7.11 Å². The number of hydrogen-bond acceptors (Lipinski definition) is 4. The first-order valence-corrected chi connectivity index (χ1v) is 11.8. The highest BCUT2D eigenvalue weighted by atomic mass is 32.1. The molecule has 0 spiro atoms. The van der Waals surface area contributed by atoms with Crippen LogP contribution in [0.1, 0.15) is 35.1 Å². The Balaban J connectivity index is 1.34. The summed E-state index contributed by atoms with van der Waals surface area (Å²) >= 11 is 5.36. The lowest BCUT2D eigenvalue weighted by Crippen LogP contribution is -2.32. The third kappa shape index (κ3) is 4.82. The van der Waals surface area contributed by atoms with Gasteiger partial charge in [0.15, 0.2) is 5.11 Å². The third-order valence-electron chi connectivity index (χ3n) is 6.03. The quantitative estimate of drug-likeness (QED) is 0.367. The van der Waals surface area contributed by atoms with Crippen molar-refractivity contribution in [2.24, 2.45) is 0 Å². The van der Waals surface area contributed by atoms with Gasteiger partial charge in [-0.05, 0) is 66.0 Å². The minimum absolute atomic E-state index is 0.0593. The summed E-state index contributed by atoms with van der Waals surface area (Å²) in [5.41, 5.74) is 4.64. The number of para-hydroxylation sites is 1. The van der Waals surface area contributed by atoms with Gasteiger partial charge in [0, 0.05) is 18.0 Å². The fraction of sp³-hybridized carbons (Fsp3) is 0.214. The summed E-state index contributed by atoms with van der Waals surface area (Å²) in [6.07, 6.45) is 4.65. The zero-order chi connectivity index (χ0) is 23.5. The van der Waals surface area contributed by atoms with E-state index in [0.717, 1.165) is 47.5 Å². The lowest BCUT2D eigenvalue weighted by molar-refractivity contribution is -0.122. The summed E-state index contributed by atoms with van der Waals surface area (Å²) in [4.78, 5) is 14.5. The van der Waals surface area contributed by atoms with Crippen molar-refractivity contribution in [2.75, 3.05) is 7.11 Å². The van der Waals surface area contributed by atoms with Crippen molar-refractivity contribution >= 4 is 29.3 Å². The molecular formula is C28H26N2O3S. The SMILES string of the molecule is COc1ccc(/C=C2/NC(=S)N(C3CC3)C2=O)cc1COc1ccccc1Cc1ccccc1. The Bertz CT molecular complexity index is 1250. The molecule has 1 amide bonds. The first-order valence-electron chi connectivity index (χ1n) is 11.4. The van der Waals surface area contributed by atoms with Gasteiger partial charge in [-0.15, -0.1) is 0 Å². The molecule has 1 N–H and O–H groups in total. The van der Waals surface area contributed by atoms with Gasteiger partial charge in [-0.25, -0.2) is 0 Å². The number of nitrogens with zero attached hydrogens (tertiary/aromatic N) is 1. The van der Waals surface area contributed by atoms with Gasteiger partial charge in [0.1, 0.15) is 23.8 Å². The number of rotatable bonds is 8. The Morgan fingerprint density at radius 1 is 1.00 bits per heavy atom. The van der Waals surface area contributed by atoms with Crippen LogP contribution in [-0.4, -0.2) is 29.1 Å². The fourth-order valence-corrected chi connectivity index (χ4v) is 4.48. The van der Waals surface area contributed by atoms with Crippen LogP contribution in [0.4, 0.5) is 0 Å². The Morgan fingerprint density at radius 3 is 2.53 bits per heavy atom. The Labute approximate surface area is 205 Å². The van der Waals surface area contributed by atoms with Crippen LogP contribution in [0.5, 0.6) is 11.5 Å². The molecule has 0 unspecified atom stereocenters. The minimum atomic E-state index is -0.0593. The molecule has 3 aromatic carbocycles. The fourth-order valence-electron chi connectivity index (χ4n) is 4.14. The van der Waals surface area contributed by atoms with E-state index in [9.17, 15) is 4.79 Å². The van der Waals surface area contributed by atoms with E-state index in [1.54, 1.807) is 12.0 Å². The molecule has 172 valence electrons. The largest absolute Gasteiger partial charge is 0.496 e. The monoisotopic (exact) mass is 470 g/mol. The summed E-state index contributed by atoms with van der Waals surface area (Å²) in [5, 5.41) is 3.56. The normalized spacial score (nSPS) is 16.6. The summed E-state index contributed by atoms with van der Waals surface area (Å²) in [5.74, 6) is 1.52. The predicted octanol–water partition coefficient (Wildman–Crippen LogP) is 5.09. The molecule has 5 nitrogen and oxygen atoms in total. The van der Waals surface area contributed by atoms with Crippen molar-refractivity contribution in [1.29, 1.82) is 0 Å². The molecule has 2 fully saturated rings. The molecule has 3 aromatic rings. The van der Waals surface area contributed by atoms with Crippen molar-refractivity contribution in [3.8, 4) is 11.5 Å². The molecule has 0 aromatic heterocycles. The second kappa shape index (κ2) is 9.69. The van der Waals surface area contributed by atoms with Crippen molar-refractivity contribution in [1.82, 2.24) is 10.2 Å². The number of carbonyl (C=O) groups is 1. The molecule has 0 radical (unpaired) electrons. The molecule has 0 bridgehead atoms. The molecule has 6 heteroatoms. The lowest BCUT2D eigenvalue weighted by Gasteiger charge is -2.14. The van der Waals surface area contributed by atoms with Crippen LogP contribution in [-0.2, 0) is 17.8 Å². The topological polar surface area (TPSA) is 50.8 Å². The zero-order valence-electron chi connectivity index (χ0n) is 19.0. The summed E-state index contributed by atoms with van der Waals surface area (Å²) < 4.78 is 11.8. The number of carbonyl (C=O) groups excluding carboxylic acids is 1. The molecule has 5 rings (SSSR count). The van der Waals surface area contributed by atoms with E-state index in [2.05, 4.69) is 23.5 Å². The maximum absolute atomic E-state index is 12.8. The molecule has 1 aliphatic heterocycles. The van der Waals surface area contributed by atoms with E-state index in [1.807, 2.05) is 60.7 Å². The van der Waals surface area contributed by atoms with Crippen LogP contribution in [0.3, 0.4) is 0 Å². The average Bonchev–Trinajstić information content (AvgIpc) is 3.64. The maximum atomic E-state index is 12.8. The first-order chi connectivity index (χ1) is 16.6. The number of benzene rings is 3. The lowest BCUT2D eigenvalue weighted by atomic mass is 10.0. The molecule has 1 heterocycles. The van der Waals surface area contributed by atoms with Crippen molar-refractivity contribution in [3.05, 3.63) is 101 Å². The van der Waals surface area contributed by atoms with Gasteiger partial charge in [0.2, 0.25) is 0 Å². The van der Waals surface area contributed by atoms with E-state index in [0.29, 0.717) is 17.4 Å². The Hall–Kier alpha value is -3.64. The van der Waals surface area contributed by atoms with Gasteiger partial charge in [-0.3, -0.25) is 9.69 Å². The zero-order valence-corrected chi connectivity index (χ0v) is 19.8. The predicted molar refractivity (Wildman–Crippen MR) is 137 cm³/mol. The third-order valence-corrected chi connectivity index (χ3v) is 6.33. The Morgan fingerprint density at radius 2 is 1.76 bits per heavy atom. The van der Waals surface area contributed by atoms with Crippen LogP contribution in [0.25, 0.3) is 6.08 Å². The molecule has 1 saturated carbocycles. The van der Waals surface area contributed by atoms with E-state index in [1.165, 1.54) is 5.56 Å². The highest BCUT2D eigenvalue weighted by Crippen LogP contribution is 2.31. The van der Waals surface area contributed by atoms with Crippen LogP contribution >= 0.6 is 12.2 Å². The average molecular weight is 471 g/mol. The van der Waals surface area contributed by atoms with Crippen molar-refractivity contribution in [3.63, 3.8) is 0 Å².